The van der Waals surface area contributed by atoms with E-state index in [1.807, 2.05) is 36.4 Å². The summed E-state index contributed by atoms with van der Waals surface area (Å²) >= 11 is 0. The number of hydrogen-bond donors (Lipinski definition) is 1. The lowest BCUT2D eigenvalue weighted by atomic mass is 10.1. The first-order valence-corrected chi connectivity index (χ1v) is 3.72. The Balaban J connectivity index is 2.88. The van der Waals surface area contributed by atoms with E-state index in [2.05, 4.69) is 0 Å². The van der Waals surface area contributed by atoms with Crippen molar-refractivity contribution in [3.05, 3.63) is 41.5 Å². The second kappa shape index (κ2) is 4.32. The lowest BCUT2D eigenvalue weighted by Crippen LogP contribution is -2.00. The third kappa shape index (κ3) is 2.22. The van der Waals surface area contributed by atoms with Gasteiger partial charge in [-0.05, 0) is 11.6 Å². The molecule has 0 aliphatic heterocycles. The minimum absolute atomic E-state index is 0.297. The minimum atomic E-state index is 0.297. The fraction of sp³-hybridized carbons (Fsp3) is 0.100. The van der Waals surface area contributed by atoms with Crippen LogP contribution in [0.1, 0.15) is 5.56 Å². The Morgan fingerprint density at radius 1 is 1.42 bits per heavy atom. The monoisotopic (exact) mass is 158 g/mol. The predicted molar refractivity (Wildman–Crippen MR) is 49.1 cm³/mol. The molecule has 1 rings (SSSR count). The van der Waals surface area contributed by atoms with Crippen LogP contribution in [-0.4, -0.2) is 6.54 Å². The van der Waals surface area contributed by atoms with Gasteiger partial charge in [0.25, 0.3) is 0 Å². The van der Waals surface area contributed by atoms with E-state index in [-0.39, 0.29) is 0 Å². The highest BCUT2D eigenvalue weighted by molar-refractivity contribution is 5.57. The molecule has 0 saturated heterocycles. The van der Waals surface area contributed by atoms with Crippen molar-refractivity contribution in [1.82, 2.24) is 0 Å². The molecule has 2 nitrogen and oxygen atoms in total. The van der Waals surface area contributed by atoms with E-state index in [1.54, 1.807) is 6.08 Å². The van der Waals surface area contributed by atoms with Gasteiger partial charge >= 0.3 is 0 Å². The second-order valence-corrected chi connectivity index (χ2v) is 2.40. The van der Waals surface area contributed by atoms with Gasteiger partial charge in [-0.1, -0.05) is 30.3 Å². The van der Waals surface area contributed by atoms with E-state index in [9.17, 15) is 0 Å². The molecule has 0 radical (unpaired) electrons. The Hall–Kier alpha value is -1.59. The lowest BCUT2D eigenvalue weighted by molar-refractivity contribution is 1.20. The lowest BCUT2D eigenvalue weighted by Gasteiger charge is -1.93. The van der Waals surface area contributed by atoms with Gasteiger partial charge in [-0.25, -0.2) is 0 Å². The maximum absolute atomic E-state index is 8.59. The zero-order valence-electron chi connectivity index (χ0n) is 6.70. The fourth-order valence-corrected chi connectivity index (χ4v) is 0.887. The number of rotatable bonds is 2. The number of nitrogens with zero attached hydrogens (tertiary/aromatic N) is 1. The molecule has 2 heteroatoms. The number of nitriles is 1. The van der Waals surface area contributed by atoms with Crippen molar-refractivity contribution in [3.63, 3.8) is 0 Å². The molecule has 12 heavy (non-hydrogen) atoms. The van der Waals surface area contributed by atoms with Crippen LogP contribution in [-0.2, 0) is 0 Å². The minimum Gasteiger partial charge on any atom is -0.326 e. The van der Waals surface area contributed by atoms with Gasteiger partial charge in [0, 0.05) is 12.1 Å². The molecule has 0 spiro atoms. The number of nitrogens with two attached hydrogens (primary N) is 1. The van der Waals surface area contributed by atoms with Gasteiger partial charge in [0.2, 0.25) is 0 Å². The molecule has 0 aliphatic rings. The summed E-state index contributed by atoms with van der Waals surface area (Å²) < 4.78 is 0. The summed E-state index contributed by atoms with van der Waals surface area (Å²) in [6.07, 6.45) is 1.79. The first kappa shape index (κ1) is 8.51. The molecule has 0 fully saturated rings. The SMILES string of the molecule is N#C/C(=C/c1ccccc1)CN. The van der Waals surface area contributed by atoms with Crippen molar-refractivity contribution in [2.45, 2.75) is 0 Å². The molecule has 0 bridgehead atoms. The summed E-state index contributed by atoms with van der Waals surface area (Å²) in [4.78, 5) is 0. The summed E-state index contributed by atoms with van der Waals surface area (Å²) in [7, 11) is 0. The van der Waals surface area contributed by atoms with Crippen LogP contribution in [0.3, 0.4) is 0 Å². The molecule has 0 atom stereocenters. The molecule has 0 aliphatic carbocycles. The Bertz CT molecular complexity index is 306. The van der Waals surface area contributed by atoms with Gasteiger partial charge in [-0.3, -0.25) is 0 Å². The predicted octanol–water partition coefficient (Wildman–Crippen LogP) is 1.55. The molecule has 0 heterocycles. The van der Waals surface area contributed by atoms with Crippen molar-refractivity contribution < 1.29 is 0 Å². The number of benzene rings is 1. The van der Waals surface area contributed by atoms with E-state index in [4.69, 9.17) is 11.0 Å². The van der Waals surface area contributed by atoms with Crippen LogP contribution in [0.4, 0.5) is 0 Å². The van der Waals surface area contributed by atoms with Crippen LogP contribution in [0.5, 0.6) is 0 Å². The molecule has 0 saturated carbocycles. The van der Waals surface area contributed by atoms with E-state index < -0.39 is 0 Å². The third-order valence-electron chi connectivity index (χ3n) is 1.50. The Labute approximate surface area is 71.9 Å². The highest BCUT2D eigenvalue weighted by atomic mass is 14.5. The van der Waals surface area contributed by atoms with Gasteiger partial charge < -0.3 is 5.73 Å². The topological polar surface area (TPSA) is 49.8 Å². The van der Waals surface area contributed by atoms with Crippen LogP contribution in [0.15, 0.2) is 35.9 Å². The molecule has 2 N–H and O–H groups in total. The molecule has 0 unspecified atom stereocenters. The third-order valence-corrected chi connectivity index (χ3v) is 1.50. The van der Waals surface area contributed by atoms with E-state index in [0.29, 0.717) is 12.1 Å². The first-order chi connectivity index (χ1) is 5.86. The average molecular weight is 158 g/mol. The van der Waals surface area contributed by atoms with Crippen LogP contribution in [0.2, 0.25) is 0 Å². The van der Waals surface area contributed by atoms with Crippen LogP contribution < -0.4 is 5.73 Å². The van der Waals surface area contributed by atoms with E-state index in [0.717, 1.165) is 5.56 Å². The number of hydrogen-bond acceptors (Lipinski definition) is 2. The smallest absolute Gasteiger partial charge is 0.0960 e. The molecular weight excluding hydrogens is 148 g/mol. The van der Waals surface area contributed by atoms with Crippen molar-refractivity contribution >= 4 is 6.08 Å². The summed E-state index contributed by atoms with van der Waals surface area (Å²) in [5.74, 6) is 0. The Morgan fingerprint density at radius 3 is 2.58 bits per heavy atom. The van der Waals surface area contributed by atoms with Gasteiger partial charge in [-0.15, -0.1) is 0 Å². The van der Waals surface area contributed by atoms with Gasteiger partial charge in [0.05, 0.1) is 6.07 Å². The normalized spacial score (nSPS) is 10.8. The molecule has 60 valence electrons. The maximum atomic E-state index is 8.59. The molecule has 0 amide bonds. The van der Waals surface area contributed by atoms with Crippen molar-refractivity contribution in [1.29, 1.82) is 5.26 Å². The van der Waals surface area contributed by atoms with Gasteiger partial charge in [-0.2, -0.15) is 5.26 Å². The zero-order chi connectivity index (χ0) is 8.81. The van der Waals surface area contributed by atoms with Crippen LogP contribution in [0, 0.1) is 11.3 Å². The summed E-state index contributed by atoms with van der Waals surface area (Å²) in [6, 6.07) is 11.7. The van der Waals surface area contributed by atoms with Crippen LogP contribution >= 0.6 is 0 Å². The summed E-state index contributed by atoms with van der Waals surface area (Å²) in [5.41, 5.74) is 6.95. The Kier molecular flexibility index (Phi) is 3.06. The molecule has 1 aromatic rings. The largest absolute Gasteiger partial charge is 0.326 e. The Morgan fingerprint density at radius 2 is 2.08 bits per heavy atom. The van der Waals surface area contributed by atoms with E-state index in [1.165, 1.54) is 0 Å². The van der Waals surface area contributed by atoms with Gasteiger partial charge in [0.1, 0.15) is 0 Å². The average Bonchev–Trinajstić information content (AvgIpc) is 2.16. The zero-order valence-corrected chi connectivity index (χ0v) is 6.70. The quantitative estimate of drug-likeness (QED) is 0.664. The molecule has 1 aromatic carbocycles. The second-order valence-electron chi connectivity index (χ2n) is 2.40. The summed E-state index contributed by atoms with van der Waals surface area (Å²) in [5, 5.41) is 8.59. The first-order valence-electron chi connectivity index (χ1n) is 3.72. The highest BCUT2D eigenvalue weighted by Crippen LogP contribution is 2.04. The summed E-state index contributed by atoms with van der Waals surface area (Å²) in [6.45, 7) is 0.297. The van der Waals surface area contributed by atoms with Crippen molar-refractivity contribution in [2.75, 3.05) is 6.54 Å². The molecular formula is C10H10N2. The van der Waals surface area contributed by atoms with E-state index >= 15 is 0 Å². The van der Waals surface area contributed by atoms with Crippen LogP contribution in [0.25, 0.3) is 6.08 Å². The fourth-order valence-electron chi connectivity index (χ4n) is 0.887. The standard InChI is InChI=1S/C10H10N2/c11-7-10(8-12)6-9-4-2-1-3-5-9/h1-6H,7,11H2/b10-6+. The van der Waals surface area contributed by atoms with Crippen molar-refractivity contribution in [2.24, 2.45) is 5.73 Å². The van der Waals surface area contributed by atoms with Gasteiger partial charge in [0.15, 0.2) is 0 Å². The maximum Gasteiger partial charge on any atom is 0.0960 e. The van der Waals surface area contributed by atoms with Crippen molar-refractivity contribution in [3.8, 4) is 6.07 Å². The highest BCUT2D eigenvalue weighted by Gasteiger charge is 1.90. The molecule has 0 aromatic heterocycles.